The molecular weight excluding hydrogens is 261 g/mol. The van der Waals surface area contributed by atoms with E-state index in [4.69, 9.17) is 21.4 Å². The Kier molecular flexibility index (Phi) is 3.43. The number of aromatic carboxylic acids is 1. The van der Waals surface area contributed by atoms with Crippen molar-refractivity contribution in [3.63, 3.8) is 0 Å². The Bertz CT molecular complexity index is 604. The van der Waals surface area contributed by atoms with Crippen LogP contribution in [0.25, 0.3) is 0 Å². The SMILES string of the molecule is O=C(O)c1ccc(Cl)cc1Oc1ncccc1F. The third kappa shape index (κ3) is 2.57. The molecule has 1 aromatic heterocycles. The van der Waals surface area contributed by atoms with Crippen LogP contribution in [0.1, 0.15) is 10.4 Å². The molecule has 2 aromatic rings. The fourth-order valence-electron chi connectivity index (χ4n) is 1.31. The van der Waals surface area contributed by atoms with Crippen LogP contribution in [0.2, 0.25) is 5.02 Å². The fourth-order valence-corrected chi connectivity index (χ4v) is 1.47. The summed E-state index contributed by atoms with van der Waals surface area (Å²) >= 11 is 5.74. The number of nitrogens with zero attached hydrogens (tertiary/aromatic N) is 1. The molecule has 2 rings (SSSR count). The van der Waals surface area contributed by atoms with Gasteiger partial charge in [-0.05, 0) is 24.3 Å². The van der Waals surface area contributed by atoms with Gasteiger partial charge in [0.1, 0.15) is 11.3 Å². The molecule has 0 radical (unpaired) electrons. The van der Waals surface area contributed by atoms with Gasteiger partial charge < -0.3 is 9.84 Å². The molecule has 1 heterocycles. The third-order valence-corrected chi connectivity index (χ3v) is 2.34. The van der Waals surface area contributed by atoms with E-state index in [1.54, 1.807) is 0 Å². The molecule has 0 amide bonds. The van der Waals surface area contributed by atoms with E-state index in [0.29, 0.717) is 0 Å². The molecule has 0 atom stereocenters. The maximum Gasteiger partial charge on any atom is 0.339 e. The van der Waals surface area contributed by atoms with Crippen LogP contribution in [0.5, 0.6) is 11.6 Å². The van der Waals surface area contributed by atoms with Crippen molar-refractivity contribution in [1.29, 1.82) is 0 Å². The highest BCUT2D eigenvalue weighted by molar-refractivity contribution is 6.30. The fraction of sp³-hybridized carbons (Fsp3) is 0. The van der Waals surface area contributed by atoms with Gasteiger partial charge in [-0.3, -0.25) is 0 Å². The first kappa shape index (κ1) is 12.3. The Labute approximate surface area is 107 Å². The minimum absolute atomic E-state index is 0.0624. The molecule has 0 saturated heterocycles. The van der Waals surface area contributed by atoms with Gasteiger partial charge in [-0.2, -0.15) is 0 Å². The molecule has 1 aromatic carbocycles. The average molecular weight is 268 g/mol. The molecule has 0 aliphatic rings. The summed E-state index contributed by atoms with van der Waals surface area (Å²) in [6.45, 7) is 0. The van der Waals surface area contributed by atoms with E-state index in [0.717, 1.165) is 6.07 Å². The van der Waals surface area contributed by atoms with Crippen LogP contribution in [-0.2, 0) is 0 Å². The molecule has 0 aliphatic heterocycles. The number of pyridine rings is 1. The molecule has 0 saturated carbocycles. The Hall–Kier alpha value is -2.14. The molecule has 92 valence electrons. The first-order valence-electron chi connectivity index (χ1n) is 4.89. The van der Waals surface area contributed by atoms with Crippen molar-refractivity contribution in [3.05, 3.63) is 52.9 Å². The Balaban J connectivity index is 2.42. The number of halogens is 2. The minimum Gasteiger partial charge on any atom is -0.478 e. The Morgan fingerprint density at radius 3 is 2.83 bits per heavy atom. The summed E-state index contributed by atoms with van der Waals surface area (Å²) in [5.74, 6) is -2.25. The molecule has 0 aliphatic carbocycles. The van der Waals surface area contributed by atoms with Gasteiger partial charge in [0.25, 0.3) is 5.88 Å². The topological polar surface area (TPSA) is 59.4 Å². The van der Waals surface area contributed by atoms with Crippen LogP contribution in [-0.4, -0.2) is 16.1 Å². The first-order valence-corrected chi connectivity index (χ1v) is 5.27. The second-order valence-corrected chi connectivity index (χ2v) is 3.77. The number of hydrogen-bond acceptors (Lipinski definition) is 3. The standard InChI is InChI=1S/C12H7ClFNO3/c13-7-3-4-8(12(16)17)10(6-7)18-11-9(14)2-1-5-15-11/h1-6H,(H,16,17). The quantitative estimate of drug-likeness (QED) is 0.926. The zero-order valence-electron chi connectivity index (χ0n) is 8.93. The molecule has 0 unspecified atom stereocenters. The normalized spacial score (nSPS) is 10.1. The zero-order valence-corrected chi connectivity index (χ0v) is 9.69. The average Bonchev–Trinajstić information content (AvgIpc) is 2.32. The van der Waals surface area contributed by atoms with Crippen molar-refractivity contribution in [2.24, 2.45) is 0 Å². The van der Waals surface area contributed by atoms with Gasteiger partial charge in [-0.15, -0.1) is 0 Å². The maximum atomic E-state index is 13.3. The summed E-state index contributed by atoms with van der Waals surface area (Å²) < 4.78 is 18.5. The molecule has 4 nitrogen and oxygen atoms in total. The predicted octanol–water partition coefficient (Wildman–Crippen LogP) is 3.36. The smallest absolute Gasteiger partial charge is 0.339 e. The van der Waals surface area contributed by atoms with Crippen LogP contribution in [0, 0.1) is 5.82 Å². The lowest BCUT2D eigenvalue weighted by Gasteiger charge is -2.08. The lowest BCUT2D eigenvalue weighted by atomic mass is 10.2. The zero-order chi connectivity index (χ0) is 13.1. The molecule has 0 fully saturated rings. The van der Waals surface area contributed by atoms with Crippen molar-refractivity contribution < 1.29 is 19.0 Å². The highest BCUT2D eigenvalue weighted by Crippen LogP contribution is 2.28. The number of rotatable bonds is 3. The molecule has 1 N–H and O–H groups in total. The molecular formula is C12H7ClFNO3. The summed E-state index contributed by atoms with van der Waals surface area (Å²) in [6, 6.07) is 6.54. The van der Waals surface area contributed by atoms with Crippen LogP contribution in [0.15, 0.2) is 36.5 Å². The van der Waals surface area contributed by atoms with Crippen molar-refractivity contribution in [2.45, 2.75) is 0 Å². The van der Waals surface area contributed by atoms with Gasteiger partial charge in [0.2, 0.25) is 0 Å². The first-order chi connectivity index (χ1) is 8.58. The number of aromatic nitrogens is 1. The van der Waals surface area contributed by atoms with Crippen molar-refractivity contribution in [3.8, 4) is 11.6 Å². The number of benzene rings is 1. The number of carboxylic acids is 1. The highest BCUT2D eigenvalue weighted by atomic mass is 35.5. The van der Waals surface area contributed by atoms with E-state index in [-0.39, 0.29) is 22.2 Å². The van der Waals surface area contributed by atoms with E-state index in [9.17, 15) is 9.18 Å². The van der Waals surface area contributed by atoms with E-state index in [2.05, 4.69) is 4.98 Å². The Morgan fingerprint density at radius 2 is 2.17 bits per heavy atom. The van der Waals surface area contributed by atoms with Crippen LogP contribution in [0.4, 0.5) is 4.39 Å². The van der Waals surface area contributed by atoms with Gasteiger partial charge in [0, 0.05) is 17.3 Å². The predicted molar refractivity (Wildman–Crippen MR) is 62.7 cm³/mol. The maximum absolute atomic E-state index is 13.3. The summed E-state index contributed by atoms with van der Waals surface area (Å²) in [5, 5.41) is 9.25. The number of carbonyl (C=O) groups is 1. The largest absolute Gasteiger partial charge is 0.478 e. The van der Waals surface area contributed by atoms with Crippen LogP contribution >= 0.6 is 11.6 Å². The van der Waals surface area contributed by atoms with Gasteiger partial charge in [0.15, 0.2) is 5.82 Å². The molecule has 6 heteroatoms. The van der Waals surface area contributed by atoms with Crippen molar-refractivity contribution in [2.75, 3.05) is 0 Å². The van der Waals surface area contributed by atoms with Gasteiger partial charge >= 0.3 is 5.97 Å². The lowest BCUT2D eigenvalue weighted by Crippen LogP contribution is -2.01. The molecule has 0 bridgehead atoms. The minimum atomic E-state index is -1.20. The summed E-state index contributed by atoms with van der Waals surface area (Å²) in [7, 11) is 0. The van der Waals surface area contributed by atoms with Gasteiger partial charge in [-0.25, -0.2) is 14.2 Å². The Morgan fingerprint density at radius 1 is 1.39 bits per heavy atom. The number of hydrogen-bond donors (Lipinski definition) is 1. The monoisotopic (exact) mass is 267 g/mol. The second-order valence-electron chi connectivity index (χ2n) is 3.34. The van der Waals surface area contributed by atoms with Crippen molar-refractivity contribution >= 4 is 17.6 Å². The second kappa shape index (κ2) is 5.01. The van der Waals surface area contributed by atoms with Gasteiger partial charge in [-0.1, -0.05) is 11.6 Å². The molecule has 0 spiro atoms. The number of carboxylic acid groups (broad SMARTS) is 1. The van der Waals surface area contributed by atoms with Crippen LogP contribution < -0.4 is 4.74 Å². The summed E-state index contributed by atoms with van der Waals surface area (Å²) in [4.78, 5) is 14.6. The summed E-state index contributed by atoms with van der Waals surface area (Å²) in [5.41, 5.74) is -0.121. The van der Waals surface area contributed by atoms with E-state index in [1.165, 1.54) is 30.5 Å². The van der Waals surface area contributed by atoms with E-state index >= 15 is 0 Å². The number of ether oxygens (including phenoxy) is 1. The van der Waals surface area contributed by atoms with E-state index < -0.39 is 11.8 Å². The van der Waals surface area contributed by atoms with Gasteiger partial charge in [0.05, 0.1) is 0 Å². The highest BCUT2D eigenvalue weighted by Gasteiger charge is 2.14. The lowest BCUT2D eigenvalue weighted by molar-refractivity contribution is 0.0694. The van der Waals surface area contributed by atoms with Crippen molar-refractivity contribution in [1.82, 2.24) is 4.98 Å². The van der Waals surface area contributed by atoms with E-state index in [1.807, 2.05) is 0 Å². The molecule has 18 heavy (non-hydrogen) atoms. The summed E-state index contributed by atoms with van der Waals surface area (Å²) in [6.07, 6.45) is 1.34. The van der Waals surface area contributed by atoms with Crippen LogP contribution in [0.3, 0.4) is 0 Å². The third-order valence-electron chi connectivity index (χ3n) is 2.11.